The minimum absolute atomic E-state index is 0.249. The summed E-state index contributed by atoms with van der Waals surface area (Å²) in [6.45, 7) is 6.77. The number of nitriles is 1. The molecule has 18 heavy (non-hydrogen) atoms. The first-order chi connectivity index (χ1) is 8.41. The van der Waals surface area contributed by atoms with E-state index >= 15 is 0 Å². The Morgan fingerprint density at radius 2 is 2.00 bits per heavy atom. The predicted octanol–water partition coefficient (Wildman–Crippen LogP) is 0.389. The van der Waals surface area contributed by atoms with E-state index in [-0.39, 0.29) is 11.5 Å². The fourth-order valence-corrected chi connectivity index (χ4v) is 3.22. The van der Waals surface area contributed by atoms with Gasteiger partial charge in [0.25, 0.3) is 0 Å². The van der Waals surface area contributed by atoms with Crippen LogP contribution in [0.2, 0.25) is 0 Å². The molecular formula is C12H23N3O2S. The zero-order valence-corrected chi connectivity index (χ0v) is 12.1. The second kappa shape index (κ2) is 6.50. The van der Waals surface area contributed by atoms with Gasteiger partial charge in [0, 0.05) is 19.6 Å². The summed E-state index contributed by atoms with van der Waals surface area (Å²) in [4.78, 5) is 2.13. The summed E-state index contributed by atoms with van der Waals surface area (Å²) in [5, 5.41) is 12.4. The average Bonchev–Trinajstić information content (AvgIpc) is 2.35. The first kappa shape index (κ1) is 15.4. The third-order valence-corrected chi connectivity index (χ3v) is 4.99. The van der Waals surface area contributed by atoms with Crippen molar-refractivity contribution in [2.45, 2.75) is 32.2 Å². The van der Waals surface area contributed by atoms with Crippen molar-refractivity contribution in [1.82, 2.24) is 10.2 Å². The Morgan fingerprint density at radius 3 is 2.50 bits per heavy atom. The minimum Gasteiger partial charge on any atom is -0.301 e. The maximum Gasteiger partial charge on any atom is 0.152 e. The molecule has 1 aliphatic rings. The van der Waals surface area contributed by atoms with Crippen molar-refractivity contribution in [3.05, 3.63) is 0 Å². The lowest BCUT2D eigenvalue weighted by Crippen LogP contribution is -2.47. The Morgan fingerprint density at radius 1 is 1.39 bits per heavy atom. The van der Waals surface area contributed by atoms with E-state index in [0.717, 1.165) is 25.9 Å². The second-order valence-electron chi connectivity index (χ2n) is 5.11. The Bertz CT molecular complexity index is 388. The topological polar surface area (TPSA) is 73.2 Å². The van der Waals surface area contributed by atoms with Crippen LogP contribution >= 0.6 is 0 Å². The van der Waals surface area contributed by atoms with Crippen molar-refractivity contribution in [3.63, 3.8) is 0 Å². The maximum absolute atomic E-state index is 11.3. The zero-order valence-electron chi connectivity index (χ0n) is 11.3. The molecule has 0 aromatic carbocycles. The van der Waals surface area contributed by atoms with E-state index in [1.807, 2.05) is 6.92 Å². The quantitative estimate of drug-likeness (QED) is 0.758. The molecule has 0 spiro atoms. The molecule has 0 bridgehead atoms. The van der Waals surface area contributed by atoms with Crippen molar-refractivity contribution < 1.29 is 8.42 Å². The SMILES string of the molecule is CCCNC(C)(C#N)CCN1CCS(=O)(=O)CC1. The first-order valence-corrected chi connectivity index (χ1v) is 8.32. The van der Waals surface area contributed by atoms with E-state index in [0.29, 0.717) is 13.1 Å². The van der Waals surface area contributed by atoms with Gasteiger partial charge in [0.15, 0.2) is 9.84 Å². The van der Waals surface area contributed by atoms with Gasteiger partial charge in [0.05, 0.1) is 17.6 Å². The highest BCUT2D eigenvalue weighted by Crippen LogP contribution is 2.11. The van der Waals surface area contributed by atoms with Gasteiger partial charge < -0.3 is 4.90 Å². The molecule has 1 fully saturated rings. The summed E-state index contributed by atoms with van der Waals surface area (Å²) in [5.41, 5.74) is -0.508. The Kier molecular flexibility index (Phi) is 5.57. The molecule has 1 aliphatic heterocycles. The summed E-state index contributed by atoms with van der Waals surface area (Å²) in [7, 11) is -2.81. The molecule has 5 nitrogen and oxygen atoms in total. The van der Waals surface area contributed by atoms with E-state index in [9.17, 15) is 13.7 Å². The molecule has 0 aliphatic carbocycles. The Hall–Kier alpha value is -0.640. The normalized spacial score (nSPS) is 23.2. The largest absolute Gasteiger partial charge is 0.301 e. The number of nitrogens with one attached hydrogen (secondary N) is 1. The molecule has 1 unspecified atom stereocenters. The molecule has 1 atom stereocenters. The van der Waals surface area contributed by atoms with Crippen molar-refractivity contribution in [3.8, 4) is 6.07 Å². The molecule has 0 aromatic heterocycles. The van der Waals surface area contributed by atoms with Crippen LogP contribution in [-0.2, 0) is 9.84 Å². The molecular weight excluding hydrogens is 250 g/mol. The number of rotatable bonds is 6. The van der Waals surface area contributed by atoms with Crippen LogP contribution in [0.3, 0.4) is 0 Å². The van der Waals surface area contributed by atoms with Crippen molar-refractivity contribution in [2.24, 2.45) is 0 Å². The van der Waals surface area contributed by atoms with Gasteiger partial charge >= 0.3 is 0 Å². The standard InChI is InChI=1S/C12H23N3O2S/c1-3-5-14-12(2,11-13)4-6-15-7-9-18(16,17)10-8-15/h14H,3-10H2,1-2H3. The van der Waals surface area contributed by atoms with Crippen LogP contribution in [0.1, 0.15) is 26.7 Å². The maximum atomic E-state index is 11.3. The van der Waals surface area contributed by atoms with Crippen LogP contribution in [0.25, 0.3) is 0 Å². The molecule has 6 heteroatoms. The number of sulfone groups is 1. The highest BCUT2D eigenvalue weighted by molar-refractivity contribution is 7.91. The average molecular weight is 273 g/mol. The molecule has 0 radical (unpaired) electrons. The lowest BCUT2D eigenvalue weighted by Gasteiger charge is -2.30. The number of nitrogens with zero attached hydrogens (tertiary/aromatic N) is 2. The highest BCUT2D eigenvalue weighted by Gasteiger charge is 2.26. The van der Waals surface area contributed by atoms with Gasteiger partial charge in [-0.05, 0) is 26.3 Å². The summed E-state index contributed by atoms with van der Waals surface area (Å²) in [5.74, 6) is 0.497. The molecule has 1 rings (SSSR count). The van der Waals surface area contributed by atoms with Crippen LogP contribution in [0.4, 0.5) is 0 Å². The molecule has 1 heterocycles. The van der Waals surface area contributed by atoms with Crippen LogP contribution in [0.5, 0.6) is 0 Å². The lowest BCUT2D eigenvalue weighted by molar-refractivity contribution is 0.261. The van der Waals surface area contributed by atoms with Crippen molar-refractivity contribution >= 4 is 9.84 Å². The third kappa shape index (κ3) is 4.92. The second-order valence-corrected chi connectivity index (χ2v) is 7.42. The van der Waals surface area contributed by atoms with Gasteiger partial charge in [-0.25, -0.2) is 8.42 Å². The fourth-order valence-electron chi connectivity index (χ4n) is 1.94. The molecule has 0 saturated carbocycles. The molecule has 104 valence electrons. The lowest BCUT2D eigenvalue weighted by atomic mass is 9.99. The van der Waals surface area contributed by atoms with E-state index in [2.05, 4.69) is 23.2 Å². The van der Waals surface area contributed by atoms with E-state index < -0.39 is 15.4 Å². The monoisotopic (exact) mass is 273 g/mol. The van der Waals surface area contributed by atoms with Gasteiger partial charge in [-0.1, -0.05) is 6.92 Å². The summed E-state index contributed by atoms with van der Waals surface area (Å²) in [6, 6.07) is 2.31. The van der Waals surface area contributed by atoms with Gasteiger partial charge in [0.1, 0.15) is 5.54 Å². The van der Waals surface area contributed by atoms with E-state index in [4.69, 9.17) is 0 Å². The van der Waals surface area contributed by atoms with Gasteiger partial charge in [-0.15, -0.1) is 0 Å². The van der Waals surface area contributed by atoms with E-state index in [1.165, 1.54) is 0 Å². The first-order valence-electron chi connectivity index (χ1n) is 6.50. The third-order valence-electron chi connectivity index (χ3n) is 3.38. The van der Waals surface area contributed by atoms with Crippen LogP contribution in [0.15, 0.2) is 0 Å². The van der Waals surface area contributed by atoms with Crippen LogP contribution in [0, 0.1) is 11.3 Å². The van der Waals surface area contributed by atoms with Crippen LogP contribution < -0.4 is 5.32 Å². The molecule has 0 amide bonds. The van der Waals surface area contributed by atoms with Gasteiger partial charge in [-0.3, -0.25) is 5.32 Å². The van der Waals surface area contributed by atoms with Crippen molar-refractivity contribution in [2.75, 3.05) is 37.7 Å². The summed E-state index contributed by atoms with van der Waals surface area (Å²) in [6.07, 6.45) is 1.72. The Balaban J connectivity index is 2.38. The zero-order chi connectivity index (χ0) is 13.6. The summed E-state index contributed by atoms with van der Waals surface area (Å²) < 4.78 is 22.6. The minimum atomic E-state index is -2.81. The fraction of sp³-hybridized carbons (Fsp3) is 0.917. The summed E-state index contributed by atoms with van der Waals surface area (Å²) >= 11 is 0. The van der Waals surface area contributed by atoms with Gasteiger partial charge in [0.2, 0.25) is 0 Å². The van der Waals surface area contributed by atoms with E-state index in [1.54, 1.807) is 0 Å². The van der Waals surface area contributed by atoms with Crippen LogP contribution in [-0.4, -0.2) is 56.5 Å². The number of hydrogen-bond donors (Lipinski definition) is 1. The van der Waals surface area contributed by atoms with Gasteiger partial charge in [-0.2, -0.15) is 5.26 Å². The highest BCUT2D eigenvalue weighted by atomic mass is 32.2. The molecule has 1 saturated heterocycles. The van der Waals surface area contributed by atoms with Crippen molar-refractivity contribution in [1.29, 1.82) is 5.26 Å². The molecule has 0 aromatic rings. The molecule has 1 N–H and O–H groups in total. The Labute approximate surface area is 110 Å². The smallest absolute Gasteiger partial charge is 0.152 e. The number of hydrogen-bond acceptors (Lipinski definition) is 5. The predicted molar refractivity (Wildman–Crippen MR) is 72.0 cm³/mol.